The molecule has 0 aromatic heterocycles. The van der Waals surface area contributed by atoms with E-state index in [9.17, 15) is 0 Å². The summed E-state index contributed by atoms with van der Waals surface area (Å²) in [6, 6.07) is 0. The maximum Gasteiger partial charge on any atom is 0.0151 e. The van der Waals surface area contributed by atoms with Crippen molar-refractivity contribution in [2.24, 2.45) is 0 Å². The highest BCUT2D eigenvalue weighted by atomic mass is 32.1. The molecule has 0 saturated carbocycles. The lowest BCUT2D eigenvalue weighted by Gasteiger charge is -2.06. The van der Waals surface area contributed by atoms with Crippen molar-refractivity contribution in [3.05, 3.63) is 47.6 Å². The van der Waals surface area contributed by atoms with Crippen LogP contribution in [-0.4, -0.2) is 5.75 Å². The molecule has 0 unspecified atom stereocenters. The third kappa shape index (κ3) is 5.68. The summed E-state index contributed by atoms with van der Waals surface area (Å²) in [6.07, 6.45) is 6.64. The molecule has 0 radical (unpaired) electrons. The SMILES string of the molecule is C=C(C)C(=C\CCC)/C=C(\C)C(=C)CS. The molecular weight excluding hydrogens is 200 g/mol. The molecule has 0 atom stereocenters. The van der Waals surface area contributed by atoms with Gasteiger partial charge in [0.15, 0.2) is 0 Å². The molecular formula is C14H22S. The van der Waals surface area contributed by atoms with Crippen LogP contribution in [0.3, 0.4) is 0 Å². The quantitative estimate of drug-likeness (QED) is 0.488. The molecule has 0 N–H and O–H groups in total. The Morgan fingerprint density at radius 2 is 1.87 bits per heavy atom. The van der Waals surface area contributed by atoms with E-state index in [0.29, 0.717) is 5.75 Å². The van der Waals surface area contributed by atoms with Gasteiger partial charge in [-0.15, -0.1) is 0 Å². The minimum atomic E-state index is 0.708. The van der Waals surface area contributed by atoms with E-state index in [-0.39, 0.29) is 0 Å². The van der Waals surface area contributed by atoms with Crippen molar-refractivity contribution in [2.75, 3.05) is 5.75 Å². The van der Waals surface area contributed by atoms with Gasteiger partial charge in [0.1, 0.15) is 0 Å². The first-order valence-electron chi connectivity index (χ1n) is 5.36. The van der Waals surface area contributed by atoms with E-state index in [1.807, 2.05) is 6.92 Å². The minimum Gasteiger partial charge on any atom is -0.175 e. The summed E-state index contributed by atoms with van der Waals surface area (Å²) in [4.78, 5) is 0. The molecule has 0 heterocycles. The van der Waals surface area contributed by atoms with Crippen LogP contribution in [0.15, 0.2) is 47.6 Å². The van der Waals surface area contributed by atoms with E-state index < -0.39 is 0 Å². The Bertz CT molecular complexity index is 292. The number of allylic oxidation sites excluding steroid dienone is 5. The van der Waals surface area contributed by atoms with Gasteiger partial charge in [-0.3, -0.25) is 0 Å². The van der Waals surface area contributed by atoms with Gasteiger partial charge in [0.2, 0.25) is 0 Å². The number of hydrogen-bond acceptors (Lipinski definition) is 1. The van der Waals surface area contributed by atoms with Gasteiger partial charge in [-0.25, -0.2) is 0 Å². The van der Waals surface area contributed by atoms with Crippen LogP contribution < -0.4 is 0 Å². The van der Waals surface area contributed by atoms with Gasteiger partial charge in [0.25, 0.3) is 0 Å². The molecule has 1 heteroatoms. The molecule has 0 amide bonds. The molecule has 0 spiro atoms. The number of thiol groups is 1. The van der Waals surface area contributed by atoms with Gasteiger partial charge in [0.05, 0.1) is 0 Å². The Hall–Kier alpha value is -0.690. The van der Waals surface area contributed by atoms with Crippen molar-refractivity contribution in [2.45, 2.75) is 33.6 Å². The van der Waals surface area contributed by atoms with Crippen molar-refractivity contribution in [3.63, 3.8) is 0 Å². The van der Waals surface area contributed by atoms with Crippen molar-refractivity contribution >= 4 is 12.6 Å². The highest BCUT2D eigenvalue weighted by molar-refractivity contribution is 7.80. The van der Waals surface area contributed by atoms with Crippen molar-refractivity contribution in [1.29, 1.82) is 0 Å². The summed E-state index contributed by atoms with van der Waals surface area (Å²) in [5, 5.41) is 0. The molecule has 0 bridgehead atoms. The van der Waals surface area contributed by atoms with E-state index in [1.54, 1.807) is 0 Å². The summed E-state index contributed by atoms with van der Waals surface area (Å²) in [5.41, 5.74) is 4.59. The standard InChI is InChI=1S/C14H22S/c1-6-7-8-14(11(2)3)9-12(4)13(5)10-15/h8-9,15H,2,5-7,10H2,1,3-4H3/b12-9+,14-8-. The summed E-state index contributed by atoms with van der Waals surface area (Å²) in [6.45, 7) is 14.2. The zero-order valence-corrected chi connectivity index (χ0v) is 11.0. The Morgan fingerprint density at radius 1 is 1.27 bits per heavy atom. The molecule has 0 saturated heterocycles. The van der Waals surface area contributed by atoms with E-state index in [2.05, 4.69) is 51.8 Å². The molecule has 0 aliphatic rings. The topological polar surface area (TPSA) is 0 Å². The van der Waals surface area contributed by atoms with E-state index in [4.69, 9.17) is 0 Å². The second-order valence-electron chi connectivity index (χ2n) is 3.82. The average molecular weight is 222 g/mol. The van der Waals surface area contributed by atoms with Crippen LogP contribution in [0, 0.1) is 0 Å². The Balaban J connectivity index is 4.81. The number of rotatable bonds is 6. The second kappa shape index (κ2) is 7.58. The molecule has 0 fully saturated rings. The van der Waals surface area contributed by atoms with Gasteiger partial charge in [-0.1, -0.05) is 44.2 Å². The van der Waals surface area contributed by atoms with Crippen LogP contribution in [0.5, 0.6) is 0 Å². The van der Waals surface area contributed by atoms with E-state index in [1.165, 1.54) is 11.1 Å². The van der Waals surface area contributed by atoms with Gasteiger partial charge in [0, 0.05) is 5.75 Å². The Labute approximate surface area is 99.9 Å². The lowest BCUT2D eigenvalue weighted by Crippen LogP contribution is -1.88. The summed E-state index contributed by atoms with van der Waals surface area (Å²) < 4.78 is 0. The smallest absolute Gasteiger partial charge is 0.0151 e. The normalized spacial score (nSPS) is 12.8. The summed E-state index contributed by atoms with van der Waals surface area (Å²) >= 11 is 4.22. The number of hydrogen-bond donors (Lipinski definition) is 1. The third-order valence-electron chi connectivity index (χ3n) is 2.27. The van der Waals surface area contributed by atoms with Gasteiger partial charge in [-0.05, 0) is 37.0 Å². The third-order valence-corrected chi connectivity index (χ3v) is 2.65. The minimum absolute atomic E-state index is 0.708. The molecule has 15 heavy (non-hydrogen) atoms. The van der Waals surface area contributed by atoms with Crippen molar-refractivity contribution in [1.82, 2.24) is 0 Å². The second-order valence-corrected chi connectivity index (χ2v) is 4.13. The van der Waals surface area contributed by atoms with Gasteiger partial charge in [-0.2, -0.15) is 12.6 Å². The van der Waals surface area contributed by atoms with Gasteiger partial charge >= 0.3 is 0 Å². The summed E-state index contributed by atoms with van der Waals surface area (Å²) in [5.74, 6) is 0.708. The highest BCUT2D eigenvalue weighted by Gasteiger charge is 1.98. The summed E-state index contributed by atoms with van der Waals surface area (Å²) in [7, 11) is 0. The molecule has 0 aliphatic carbocycles. The largest absolute Gasteiger partial charge is 0.175 e. The van der Waals surface area contributed by atoms with Crippen LogP contribution in [0.1, 0.15) is 33.6 Å². The first-order chi connectivity index (χ1) is 7.02. The van der Waals surface area contributed by atoms with Crippen LogP contribution in [0.4, 0.5) is 0 Å². The lowest BCUT2D eigenvalue weighted by atomic mass is 10.0. The zero-order chi connectivity index (χ0) is 11.8. The van der Waals surface area contributed by atoms with Crippen LogP contribution in [-0.2, 0) is 0 Å². The van der Waals surface area contributed by atoms with Crippen LogP contribution in [0.25, 0.3) is 0 Å². The Morgan fingerprint density at radius 3 is 2.27 bits per heavy atom. The highest BCUT2D eigenvalue weighted by Crippen LogP contribution is 2.17. The fraction of sp³-hybridized carbons (Fsp3) is 0.429. The molecule has 0 nitrogen and oxygen atoms in total. The molecule has 84 valence electrons. The fourth-order valence-corrected chi connectivity index (χ4v) is 1.37. The average Bonchev–Trinajstić information content (AvgIpc) is 2.22. The van der Waals surface area contributed by atoms with Gasteiger partial charge < -0.3 is 0 Å². The molecule has 0 aromatic carbocycles. The predicted octanol–water partition coefficient (Wildman–Crippen LogP) is 4.72. The number of unbranched alkanes of at least 4 members (excludes halogenated alkanes) is 1. The maximum atomic E-state index is 4.22. The fourth-order valence-electron chi connectivity index (χ4n) is 1.12. The van der Waals surface area contributed by atoms with E-state index in [0.717, 1.165) is 24.0 Å². The van der Waals surface area contributed by atoms with Crippen molar-refractivity contribution in [3.8, 4) is 0 Å². The van der Waals surface area contributed by atoms with Crippen LogP contribution >= 0.6 is 12.6 Å². The monoisotopic (exact) mass is 222 g/mol. The zero-order valence-electron chi connectivity index (χ0n) is 10.1. The first-order valence-corrected chi connectivity index (χ1v) is 5.99. The maximum absolute atomic E-state index is 4.22. The first kappa shape index (κ1) is 14.3. The Kier molecular flexibility index (Phi) is 7.23. The lowest BCUT2D eigenvalue weighted by molar-refractivity contribution is 0.953. The predicted molar refractivity (Wildman–Crippen MR) is 74.6 cm³/mol. The molecule has 0 aromatic rings. The van der Waals surface area contributed by atoms with E-state index >= 15 is 0 Å². The molecule has 0 aliphatic heterocycles. The van der Waals surface area contributed by atoms with Crippen molar-refractivity contribution < 1.29 is 0 Å². The molecule has 0 rings (SSSR count). The van der Waals surface area contributed by atoms with Crippen LogP contribution in [0.2, 0.25) is 0 Å².